The predicted octanol–water partition coefficient (Wildman–Crippen LogP) is 3.74. The fourth-order valence-electron chi connectivity index (χ4n) is 2.44. The van der Waals surface area contributed by atoms with Crippen molar-refractivity contribution in [3.63, 3.8) is 0 Å². The molecule has 2 nitrogen and oxygen atoms in total. The average Bonchev–Trinajstić information content (AvgIpc) is 2.52. The van der Waals surface area contributed by atoms with Crippen LogP contribution in [0.2, 0.25) is 0 Å². The number of nitrogens with zero attached hydrogens (tertiary/aromatic N) is 1. The SMILES string of the molecule is CCN(CCC(N)c1ccccc1F)Cc1ccccc1. The van der Waals surface area contributed by atoms with Crippen molar-refractivity contribution >= 4 is 0 Å². The lowest BCUT2D eigenvalue weighted by Gasteiger charge is -2.22. The van der Waals surface area contributed by atoms with Gasteiger partial charge in [-0.15, -0.1) is 0 Å². The first kappa shape index (κ1) is 15.7. The third-order valence-electron chi connectivity index (χ3n) is 3.76. The number of benzene rings is 2. The maximum absolute atomic E-state index is 13.7. The van der Waals surface area contributed by atoms with Gasteiger partial charge in [-0.25, -0.2) is 4.39 Å². The Morgan fingerprint density at radius 3 is 2.38 bits per heavy atom. The highest BCUT2D eigenvalue weighted by molar-refractivity contribution is 5.20. The van der Waals surface area contributed by atoms with Crippen molar-refractivity contribution in [2.75, 3.05) is 13.1 Å². The molecular weight excluding hydrogens is 263 g/mol. The van der Waals surface area contributed by atoms with Crippen molar-refractivity contribution in [3.05, 3.63) is 71.5 Å². The van der Waals surface area contributed by atoms with E-state index < -0.39 is 0 Å². The van der Waals surface area contributed by atoms with E-state index in [1.54, 1.807) is 12.1 Å². The van der Waals surface area contributed by atoms with Gasteiger partial charge in [0, 0.05) is 24.7 Å². The van der Waals surface area contributed by atoms with Crippen LogP contribution in [0.1, 0.15) is 30.5 Å². The van der Waals surface area contributed by atoms with E-state index in [2.05, 4.69) is 24.0 Å². The maximum atomic E-state index is 13.7. The van der Waals surface area contributed by atoms with Gasteiger partial charge in [-0.05, 0) is 24.6 Å². The summed E-state index contributed by atoms with van der Waals surface area (Å²) in [5.41, 5.74) is 8.02. The Kier molecular flexibility index (Phi) is 5.90. The summed E-state index contributed by atoms with van der Waals surface area (Å²) in [5.74, 6) is -0.212. The van der Waals surface area contributed by atoms with Crippen molar-refractivity contribution in [2.45, 2.75) is 25.9 Å². The van der Waals surface area contributed by atoms with Gasteiger partial charge in [0.2, 0.25) is 0 Å². The highest BCUT2D eigenvalue weighted by atomic mass is 19.1. The van der Waals surface area contributed by atoms with E-state index in [0.717, 1.165) is 26.1 Å². The molecule has 2 aromatic carbocycles. The van der Waals surface area contributed by atoms with Crippen molar-refractivity contribution in [2.24, 2.45) is 5.73 Å². The van der Waals surface area contributed by atoms with Gasteiger partial charge in [0.1, 0.15) is 5.82 Å². The fraction of sp³-hybridized carbons (Fsp3) is 0.333. The zero-order chi connectivity index (χ0) is 15.1. The third-order valence-corrected chi connectivity index (χ3v) is 3.76. The first-order chi connectivity index (χ1) is 10.2. The Morgan fingerprint density at radius 1 is 1.05 bits per heavy atom. The molecule has 0 heterocycles. The van der Waals surface area contributed by atoms with Gasteiger partial charge in [-0.1, -0.05) is 55.5 Å². The first-order valence-electron chi connectivity index (χ1n) is 7.47. The zero-order valence-corrected chi connectivity index (χ0v) is 12.5. The number of hydrogen-bond acceptors (Lipinski definition) is 2. The van der Waals surface area contributed by atoms with E-state index in [1.165, 1.54) is 11.6 Å². The fourth-order valence-corrected chi connectivity index (χ4v) is 2.44. The summed E-state index contributed by atoms with van der Waals surface area (Å²) in [6, 6.07) is 16.9. The van der Waals surface area contributed by atoms with Crippen LogP contribution in [0, 0.1) is 5.82 Å². The number of nitrogens with two attached hydrogens (primary N) is 1. The number of hydrogen-bond donors (Lipinski definition) is 1. The molecule has 0 aliphatic heterocycles. The average molecular weight is 286 g/mol. The van der Waals surface area contributed by atoms with E-state index in [4.69, 9.17) is 5.73 Å². The van der Waals surface area contributed by atoms with E-state index in [-0.39, 0.29) is 11.9 Å². The molecule has 0 fully saturated rings. The van der Waals surface area contributed by atoms with E-state index in [9.17, 15) is 4.39 Å². The molecule has 0 saturated carbocycles. The van der Waals surface area contributed by atoms with Crippen LogP contribution in [-0.2, 0) is 6.54 Å². The summed E-state index contributed by atoms with van der Waals surface area (Å²) in [5, 5.41) is 0. The van der Waals surface area contributed by atoms with Crippen LogP contribution >= 0.6 is 0 Å². The summed E-state index contributed by atoms with van der Waals surface area (Å²) < 4.78 is 13.7. The molecule has 0 bridgehead atoms. The van der Waals surface area contributed by atoms with Gasteiger partial charge in [0.05, 0.1) is 0 Å². The molecule has 2 N–H and O–H groups in total. The summed E-state index contributed by atoms with van der Waals surface area (Å²) in [4.78, 5) is 2.33. The minimum atomic E-state index is -0.254. The van der Waals surface area contributed by atoms with Crippen molar-refractivity contribution in [3.8, 4) is 0 Å². The first-order valence-corrected chi connectivity index (χ1v) is 7.47. The lowest BCUT2D eigenvalue weighted by molar-refractivity contribution is 0.267. The Hall–Kier alpha value is -1.71. The summed E-state index contributed by atoms with van der Waals surface area (Å²) >= 11 is 0. The highest BCUT2D eigenvalue weighted by Gasteiger charge is 2.12. The van der Waals surface area contributed by atoms with Crippen LogP contribution < -0.4 is 5.73 Å². The second kappa shape index (κ2) is 7.91. The van der Waals surface area contributed by atoms with Gasteiger partial charge in [0.15, 0.2) is 0 Å². The molecule has 2 aromatic rings. The van der Waals surface area contributed by atoms with Crippen LogP contribution in [0.5, 0.6) is 0 Å². The molecule has 0 aliphatic rings. The minimum absolute atomic E-state index is 0.212. The Morgan fingerprint density at radius 2 is 1.71 bits per heavy atom. The number of halogens is 1. The van der Waals surface area contributed by atoms with Crippen LogP contribution in [0.15, 0.2) is 54.6 Å². The Labute approximate surface area is 126 Å². The van der Waals surface area contributed by atoms with Gasteiger partial charge >= 0.3 is 0 Å². The van der Waals surface area contributed by atoms with Crippen LogP contribution in [0.25, 0.3) is 0 Å². The largest absolute Gasteiger partial charge is 0.324 e. The Bertz CT molecular complexity index is 542. The molecule has 0 saturated heterocycles. The topological polar surface area (TPSA) is 29.3 Å². The standard InChI is InChI=1S/C18H23FN2/c1-2-21(14-15-8-4-3-5-9-15)13-12-18(20)16-10-6-7-11-17(16)19/h3-11,18H,2,12-14,20H2,1H3. The summed E-state index contributed by atoms with van der Waals surface area (Å²) in [6.45, 7) is 4.86. The summed E-state index contributed by atoms with van der Waals surface area (Å²) in [6.07, 6.45) is 0.752. The smallest absolute Gasteiger partial charge is 0.127 e. The molecule has 0 aromatic heterocycles. The molecule has 3 heteroatoms. The molecule has 2 rings (SSSR count). The maximum Gasteiger partial charge on any atom is 0.127 e. The van der Waals surface area contributed by atoms with Crippen LogP contribution in [0.4, 0.5) is 4.39 Å². The van der Waals surface area contributed by atoms with Gasteiger partial charge < -0.3 is 5.73 Å². The molecule has 0 amide bonds. The molecule has 1 atom stereocenters. The molecule has 0 spiro atoms. The molecule has 21 heavy (non-hydrogen) atoms. The van der Waals surface area contributed by atoms with E-state index >= 15 is 0 Å². The van der Waals surface area contributed by atoms with E-state index in [0.29, 0.717) is 5.56 Å². The predicted molar refractivity (Wildman–Crippen MR) is 85.3 cm³/mol. The van der Waals surface area contributed by atoms with Gasteiger partial charge in [0.25, 0.3) is 0 Å². The van der Waals surface area contributed by atoms with Gasteiger partial charge in [-0.3, -0.25) is 4.90 Å². The molecule has 0 aliphatic carbocycles. The normalized spacial score (nSPS) is 12.6. The van der Waals surface area contributed by atoms with Gasteiger partial charge in [-0.2, -0.15) is 0 Å². The lowest BCUT2D eigenvalue weighted by atomic mass is 10.0. The third kappa shape index (κ3) is 4.66. The lowest BCUT2D eigenvalue weighted by Crippen LogP contribution is -2.27. The molecule has 0 radical (unpaired) electrons. The molecular formula is C18H23FN2. The zero-order valence-electron chi connectivity index (χ0n) is 12.5. The quantitative estimate of drug-likeness (QED) is 0.840. The minimum Gasteiger partial charge on any atom is -0.324 e. The van der Waals surface area contributed by atoms with Crippen molar-refractivity contribution < 1.29 is 4.39 Å². The second-order valence-corrected chi connectivity index (χ2v) is 5.27. The second-order valence-electron chi connectivity index (χ2n) is 5.27. The number of rotatable bonds is 7. The van der Waals surface area contributed by atoms with Crippen LogP contribution in [-0.4, -0.2) is 18.0 Å². The monoisotopic (exact) mass is 286 g/mol. The van der Waals surface area contributed by atoms with E-state index in [1.807, 2.05) is 24.3 Å². The molecule has 112 valence electrons. The highest BCUT2D eigenvalue weighted by Crippen LogP contribution is 2.18. The van der Waals surface area contributed by atoms with Crippen molar-refractivity contribution in [1.82, 2.24) is 4.90 Å². The van der Waals surface area contributed by atoms with Crippen LogP contribution in [0.3, 0.4) is 0 Å². The Balaban J connectivity index is 1.90. The van der Waals surface area contributed by atoms with Crippen molar-refractivity contribution in [1.29, 1.82) is 0 Å². The molecule has 1 unspecified atom stereocenters. The summed E-state index contributed by atoms with van der Waals surface area (Å²) in [7, 11) is 0.